The molecule has 3 N–H and O–H groups in total. The van der Waals surface area contributed by atoms with Crippen LogP contribution < -0.4 is 11.1 Å². The normalized spacial score (nSPS) is 17.1. The SMILES string of the molecule is CCCC1(CNCc2ccc(N)c(Br)c2)CC1. The van der Waals surface area contributed by atoms with Crippen LogP contribution in [-0.4, -0.2) is 6.54 Å². The summed E-state index contributed by atoms with van der Waals surface area (Å²) < 4.78 is 0.992. The highest BCUT2D eigenvalue weighted by atomic mass is 79.9. The first-order valence-electron chi connectivity index (χ1n) is 6.40. The molecule has 0 aromatic heterocycles. The summed E-state index contributed by atoms with van der Waals surface area (Å²) in [7, 11) is 0. The molecule has 0 radical (unpaired) electrons. The van der Waals surface area contributed by atoms with E-state index in [4.69, 9.17) is 5.73 Å². The quantitative estimate of drug-likeness (QED) is 0.786. The van der Waals surface area contributed by atoms with Crippen LogP contribution in [0.15, 0.2) is 22.7 Å². The van der Waals surface area contributed by atoms with E-state index in [1.807, 2.05) is 6.07 Å². The van der Waals surface area contributed by atoms with Gasteiger partial charge in [0.05, 0.1) is 0 Å². The predicted molar refractivity (Wildman–Crippen MR) is 76.8 cm³/mol. The largest absolute Gasteiger partial charge is 0.398 e. The van der Waals surface area contributed by atoms with Gasteiger partial charge in [-0.2, -0.15) is 0 Å². The van der Waals surface area contributed by atoms with Crippen molar-refractivity contribution in [1.82, 2.24) is 5.32 Å². The first-order chi connectivity index (χ1) is 8.15. The molecule has 3 heteroatoms. The van der Waals surface area contributed by atoms with Crippen molar-refractivity contribution in [3.8, 4) is 0 Å². The number of anilines is 1. The lowest BCUT2D eigenvalue weighted by molar-refractivity contribution is 0.421. The van der Waals surface area contributed by atoms with Crippen LogP contribution in [-0.2, 0) is 6.54 Å². The average Bonchev–Trinajstić information content (AvgIpc) is 3.04. The maximum absolute atomic E-state index is 5.77. The second kappa shape index (κ2) is 5.40. The van der Waals surface area contributed by atoms with E-state index in [0.717, 1.165) is 23.2 Å². The lowest BCUT2D eigenvalue weighted by Gasteiger charge is -2.15. The van der Waals surface area contributed by atoms with Crippen molar-refractivity contribution >= 4 is 21.6 Å². The van der Waals surface area contributed by atoms with Gasteiger partial charge in [0, 0.05) is 23.2 Å². The van der Waals surface area contributed by atoms with Crippen molar-refractivity contribution in [2.75, 3.05) is 12.3 Å². The molecule has 2 nitrogen and oxygen atoms in total. The Balaban J connectivity index is 1.80. The minimum absolute atomic E-state index is 0.625. The van der Waals surface area contributed by atoms with E-state index >= 15 is 0 Å². The summed E-state index contributed by atoms with van der Waals surface area (Å²) in [6.07, 6.45) is 5.47. The van der Waals surface area contributed by atoms with Gasteiger partial charge in [-0.15, -0.1) is 0 Å². The molecule has 1 aliphatic carbocycles. The van der Waals surface area contributed by atoms with Crippen LogP contribution in [0.1, 0.15) is 38.2 Å². The molecular formula is C14H21BrN2. The minimum Gasteiger partial charge on any atom is -0.398 e. The zero-order valence-corrected chi connectivity index (χ0v) is 12.0. The van der Waals surface area contributed by atoms with E-state index in [9.17, 15) is 0 Å². The van der Waals surface area contributed by atoms with Gasteiger partial charge in [0.25, 0.3) is 0 Å². The number of benzene rings is 1. The highest BCUT2D eigenvalue weighted by molar-refractivity contribution is 9.10. The fourth-order valence-electron chi connectivity index (χ4n) is 2.37. The summed E-state index contributed by atoms with van der Waals surface area (Å²) in [6, 6.07) is 6.15. The third-order valence-electron chi connectivity index (χ3n) is 3.63. The van der Waals surface area contributed by atoms with Gasteiger partial charge in [0.15, 0.2) is 0 Å². The Kier molecular flexibility index (Phi) is 4.10. The predicted octanol–water partition coefficient (Wildman–Crippen LogP) is 3.70. The lowest BCUT2D eigenvalue weighted by atomic mass is 10.0. The first kappa shape index (κ1) is 12.9. The van der Waals surface area contributed by atoms with Crippen LogP contribution in [0.4, 0.5) is 5.69 Å². The molecule has 1 aromatic carbocycles. The lowest BCUT2D eigenvalue weighted by Crippen LogP contribution is -2.23. The van der Waals surface area contributed by atoms with Crippen molar-refractivity contribution < 1.29 is 0 Å². The van der Waals surface area contributed by atoms with Gasteiger partial charge in [0.1, 0.15) is 0 Å². The Morgan fingerprint density at radius 2 is 2.18 bits per heavy atom. The van der Waals surface area contributed by atoms with E-state index in [-0.39, 0.29) is 0 Å². The van der Waals surface area contributed by atoms with Crippen LogP contribution >= 0.6 is 15.9 Å². The molecule has 0 aliphatic heterocycles. The van der Waals surface area contributed by atoms with Crippen LogP contribution in [0.3, 0.4) is 0 Å². The molecule has 1 saturated carbocycles. The molecule has 0 bridgehead atoms. The van der Waals surface area contributed by atoms with Crippen LogP contribution in [0, 0.1) is 5.41 Å². The second-order valence-corrected chi connectivity index (χ2v) is 6.06. The zero-order chi connectivity index (χ0) is 12.3. The Morgan fingerprint density at radius 1 is 1.41 bits per heavy atom. The number of nitrogens with one attached hydrogen (secondary N) is 1. The van der Waals surface area contributed by atoms with Crippen molar-refractivity contribution in [3.05, 3.63) is 28.2 Å². The Hall–Kier alpha value is -0.540. The molecule has 1 aromatic rings. The van der Waals surface area contributed by atoms with Gasteiger partial charge in [-0.05, 0) is 58.3 Å². The average molecular weight is 297 g/mol. The topological polar surface area (TPSA) is 38.0 Å². The van der Waals surface area contributed by atoms with E-state index in [2.05, 4.69) is 40.3 Å². The summed E-state index contributed by atoms with van der Waals surface area (Å²) in [4.78, 5) is 0. The fraction of sp³-hybridized carbons (Fsp3) is 0.571. The van der Waals surface area contributed by atoms with Gasteiger partial charge >= 0.3 is 0 Å². The molecule has 0 spiro atoms. The first-order valence-corrected chi connectivity index (χ1v) is 7.19. The Labute approximate surface area is 112 Å². The fourth-order valence-corrected chi connectivity index (χ4v) is 2.80. The van der Waals surface area contributed by atoms with Crippen molar-refractivity contribution in [1.29, 1.82) is 0 Å². The molecule has 0 saturated heterocycles. The van der Waals surface area contributed by atoms with Crippen molar-refractivity contribution in [2.24, 2.45) is 5.41 Å². The maximum Gasteiger partial charge on any atom is 0.0458 e. The van der Waals surface area contributed by atoms with Crippen molar-refractivity contribution in [2.45, 2.75) is 39.2 Å². The molecule has 0 amide bonds. The highest BCUT2D eigenvalue weighted by Gasteiger charge is 2.40. The standard InChI is InChI=1S/C14H21BrN2/c1-2-5-14(6-7-14)10-17-9-11-3-4-13(16)12(15)8-11/h3-4,8,17H,2,5-7,9-10,16H2,1H3. The van der Waals surface area contributed by atoms with Crippen LogP contribution in [0.5, 0.6) is 0 Å². The molecule has 17 heavy (non-hydrogen) atoms. The minimum atomic E-state index is 0.625. The Bertz CT molecular complexity index is 386. The second-order valence-electron chi connectivity index (χ2n) is 5.21. The van der Waals surface area contributed by atoms with E-state index in [1.54, 1.807) is 0 Å². The van der Waals surface area contributed by atoms with Gasteiger partial charge in [-0.1, -0.05) is 19.4 Å². The van der Waals surface area contributed by atoms with E-state index in [0.29, 0.717) is 5.41 Å². The number of hydrogen-bond acceptors (Lipinski definition) is 2. The smallest absolute Gasteiger partial charge is 0.0458 e. The number of nitrogens with two attached hydrogens (primary N) is 1. The molecule has 2 rings (SSSR count). The van der Waals surface area contributed by atoms with E-state index < -0.39 is 0 Å². The third kappa shape index (κ3) is 3.46. The van der Waals surface area contributed by atoms with Gasteiger partial charge in [-0.25, -0.2) is 0 Å². The van der Waals surface area contributed by atoms with Gasteiger partial charge in [-0.3, -0.25) is 0 Å². The van der Waals surface area contributed by atoms with Crippen LogP contribution in [0.25, 0.3) is 0 Å². The monoisotopic (exact) mass is 296 g/mol. The Morgan fingerprint density at radius 3 is 2.76 bits per heavy atom. The third-order valence-corrected chi connectivity index (χ3v) is 4.32. The van der Waals surface area contributed by atoms with Gasteiger partial charge in [0.2, 0.25) is 0 Å². The summed E-state index contributed by atoms with van der Waals surface area (Å²) in [5, 5.41) is 3.57. The molecule has 1 aliphatic rings. The number of nitrogen functional groups attached to an aromatic ring is 1. The molecule has 0 atom stereocenters. The summed E-state index contributed by atoms with van der Waals surface area (Å²) in [5.74, 6) is 0. The molecule has 0 heterocycles. The zero-order valence-electron chi connectivity index (χ0n) is 10.4. The molecule has 0 unspecified atom stereocenters. The van der Waals surface area contributed by atoms with Gasteiger partial charge < -0.3 is 11.1 Å². The molecular weight excluding hydrogens is 276 g/mol. The highest BCUT2D eigenvalue weighted by Crippen LogP contribution is 2.48. The molecule has 94 valence electrons. The summed E-state index contributed by atoms with van der Waals surface area (Å²) in [6.45, 7) is 4.37. The summed E-state index contributed by atoms with van der Waals surface area (Å²) in [5.41, 5.74) is 8.49. The summed E-state index contributed by atoms with van der Waals surface area (Å²) >= 11 is 3.46. The van der Waals surface area contributed by atoms with Crippen molar-refractivity contribution in [3.63, 3.8) is 0 Å². The number of halogens is 1. The maximum atomic E-state index is 5.77. The molecule has 1 fully saturated rings. The van der Waals surface area contributed by atoms with E-state index in [1.165, 1.54) is 31.2 Å². The number of rotatable bonds is 6. The number of hydrogen-bond donors (Lipinski definition) is 2. The van der Waals surface area contributed by atoms with Crippen LogP contribution in [0.2, 0.25) is 0 Å².